The lowest BCUT2D eigenvalue weighted by Crippen LogP contribution is -2.32. The minimum absolute atomic E-state index is 0.239. The summed E-state index contributed by atoms with van der Waals surface area (Å²) in [4.78, 5) is 2.08. The molecule has 0 spiro atoms. The third-order valence-corrected chi connectivity index (χ3v) is 1.53. The van der Waals surface area contributed by atoms with Gasteiger partial charge in [-0.3, -0.25) is 4.90 Å². The van der Waals surface area contributed by atoms with E-state index in [0.29, 0.717) is 6.54 Å². The highest BCUT2D eigenvalue weighted by Gasteiger charge is 1.98. The highest BCUT2D eigenvalue weighted by molar-refractivity contribution is 4.54. The number of rotatable bonds is 6. The van der Waals surface area contributed by atoms with Gasteiger partial charge in [-0.15, -0.1) is 0 Å². The van der Waals surface area contributed by atoms with E-state index in [4.69, 9.17) is 0 Å². The normalized spacial score (nSPS) is 10.8. The van der Waals surface area contributed by atoms with Crippen molar-refractivity contribution in [3.63, 3.8) is 0 Å². The van der Waals surface area contributed by atoms with Crippen LogP contribution in [0.1, 0.15) is 6.92 Å². The van der Waals surface area contributed by atoms with E-state index in [1.807, 2.05) is 14.0 Å². The molecular weight excluding hydrogens is 131 g/mol. The standard InChI is InChI=1S/C7H17FN2/c1-3-10(6-4-8)7-5-9-2/h9H,3-7H2,1-2H3. The van der Waals surface area contributed by atoms with Gasteiger partial charge in [0.1, 0.15) is 6.67 Å². The maximum atomic E-state index is 11.8. The summed E-state index contributed by atoms with van der Waals surface area (Å²) in [5.41, 5.74) is 0. The summed E-state index contributed by atoms with van der Waals surface area (Å²) in [6.07, 6.45) is 0. The maximum absolute atomic E-state index is 11.8. The molecule has 0 aromatic carbocycles. The quantitative estimate of drug-likeness (QED) is 0.590. The highest BCUT2D eigenvalue weighted by Crippen LogP contribution is 1.85. The largest absolute Gasteiger partial charge is 0.318 e. The van der Waals surface area contributed by atoms with Crippen LogP contribution in [0.15, 0.2) is 0 Å². The second kappa shape index (κ2) is 6.96. The lowest BCUT2D eigenvalue weighted by atomic mass is 10.4. The van der Waals surface area contributed by atoms with Crippen molar-refractivity contribution in [2.45, 2.75) is 6.92 Å². The van der Waals surface area contributed by atoms with Crippen molar-refractivity contribution in [1.29, 1.82) is 0 Å². The Bertz CT molecular complexity index is 68.6. The van der Waals surface area contributed by atoms with E-state index >= 15 is 0 Å². The highest BCUT2D eigenvalue weighted by atomic mass is 19.1. The van der Waals surface area contributed by atoms with E-state index < -0.39 is 0 Å². The molecule has 0 bridgehead atoms. The first-order valence-electron chi connectivity index (χ1n) is 3.78. The van der Waals surface area contributed by atoms with Gasteiger partial charge in [0.25, 0.3) is 0 Å². The number of nitrogens with one attached hydrogen (secondary N) is 1. The first-order valence-corrected chi connectivity index (χ1v) is 3.78. The van der Waals surface area contributed by atoms with E-state index in [-0.39, 0.29) is 6.67 Å². The zero-order valence-electron chi connectivity index (χ0n) is 6.86. The SMILES string of the molecule is CCN(CCF)CCNC. The van der Waals surface area contributed by atoms with E-state index in [1.54, 1.807) is 0 Å². The monoisotopic (exact) mass is 148 g/mol. The van der Waals surface area contributed by atoms with Crippen LogP contribution in [-0.2, 0) is 0 Å². The van der Waals surface area contributed by atoms with Gasteiger partial charge in [-0.05, 0) is 13.6 Å². The molecule has 1 N–H and O–H groups in total. The lowest BCUT2D eigenvalue weighted by Gasteiger charge is -2.17. The van der Waals surface area contributed by atoms with Gasteiger partial charge < -0.3 is 5.32 Å². The second-order valence-corrected chi connectivity index (χ2v) is 2.23. The van der Waals surface area contributed by atoms with Gasteiger partial charge in [0.15, 0.2) is 0 Å². The van der Waals surface area contributed by atoms with Gasteiger partial charge in [0, 0.05) is 19.6 Å². The van der Waals surface area contributed by atoms with E-state index in [0.717, 1.165) is 19.6 Å². The summed E-state index contributed by atoms with van der Waals surface area (Å²) < 4.78 is 11.8. The third-order valence-electron chi connectivity index (χ3n) is 1.53. The number of hydrogen-bond donors (Lipinski definition) is 1. The fourth-order valence-corrected chi connectivity index (χ4v) is 0.817. The molecule has 2 nitrogen and oxygen atoms in total. The van der Waals surface area contributed by atoms with Crippen LogP contribution in [0.2, 0.25) is 0 Å². The zero-order chi connectivity index (χ0) is 7.82. The van der Waals surface area contributed by atoms with Gasteiger partial charge in [-0.2, -0.15) is 0 Å². The molecule has 0 unspecified atom stereocenters. The molecule has 0 heterocycles. The Morgan fingerprint density at radius 1 is 1.40 bits per heavy atom. The van der Waals surface area contributed by atoms with Crippen molar-refractivity contribution in [1.82, 2.24) is 10.2 Å². The van der Waals surface area contributed by atoms with E-state index in [1.165, 1.54) is 0 Å². The van der Waals surface area contributed by atoms with E-state index in [9.17, 15) is 4.39 Å². The summed E-state index contributed by atoms with van der Waals surface area (Å²) in [5, 5.41) is 3.03. The Labute approximate surface area is 62.4 Å². The summed E-state index contributed by atoms with van der Waals surface area (Å²) in [6.45, 7) is 5.19. The smallest absolute Gasteiger partial charge is 0.102 e. The molecule has 0 aromatic heterocycles. The topological polar surface area (TPSA) is 15.3 Å². The molecule has 0 radical (unpaired) electrons. The van der Waals surface area contributed by atoms with Gasteiger partial charge in [0.05, 0.1) is 0 Å². The Balaban J connectivity index is 3.21. The van der Waals surface area contributed by atoms with Crippen LogP contribution in [0.3, 0.4) is 0 Å². The third kappa shape index (κ3) is 4.70. The Morgan fingerprint density at radius 2 is 2.10 bits per heavy atom. The molecule has 0 saturated carbocycles. The van der Waals surface area contributed by atoms with Crippen molar-refractivity contribution in [3.8, 4) is 0 Å². The average molecular weight is 148 g/mol. The molecule has 0 amide bonds. The second-order valence-electron chi connectivity index (χ2n) is 2.23. The minimum atomic E-state index is -0.239. The number of likely N-dealkylation sites (N-methyl/N-ethyl adjacent to an activating group) is 2. The predicted molar refractivity (Wildman–Crippen MR) is 42.0 cm³/mol. The molecule has 0 aliphatic carbocycles. The fraction of sp³-hybridized carbons (Fsp3) is 1.00. The first-order chi connectivity index (χ1) is 4.85. The maximum Gasteiger partial charge on any atom is 0.102 e. The van der Waals surface area contributed by atoms with Crippen LogP contribution in [0.5, 0.6) is 0 Å². The van der Waals surface area contributed by atoms with Crippen LogP contribution in [0.4, 0.5) is 4.39 Å². The summed E-state index contributed by atoms with van der Waals surface area (Å²) >= 11 is 0. The van der Waals surface area contributed by atoms with Crippen molar-refractivity contribution in [2.24, 2.45) is 0 Å². The summed E-state index contributed by atoms with van der Waals surface area (Å²) in [7, 11) is 1.91. The molecule has 0 atom stereocenters. The number of halogens is 1. The molecule has 62 valence electrons. The summed E-state index contributed by atoms with van der Waals surface area (Å²) in [6, 6.07) is 0. The molecule has 0 saturated heterocycles. The van der Waals surface area contributed by atoms with Crippen molar-refractivity contribution >= 4 is 0 Å². The van der Waals surface area contributed by atoms with E-state index in [2.05, 4.69) is 10.2 Å². The van der Waals surface area contributed by atoms with Gasteiger partial charge in [0.2, 0.25) is 0 Å². The first kappa shape index (κ1) is 9.85. The molecule has 0 rings (SSSR count). The number of nitrogens with zero attached hydrogens (tertiary/aromatic N) is 1. The Kier molecular flexibility index (Phi) is 6.86. The van der Waals surface area contributed by atoms with Crippen molar-refractivity contribution in [2.75, 3.05) is 39.9 Å². The molecular formula is C7H17FN2. The molecule has 10 heavy (non-hydrogen) atoms. The van der Waals surface area contributed by atoms with Crippen LogP contribution in [-0.4, -0.2) is 44.8 Å². The van der Waals surface area contributed by atoms with Crippen molar-refractivity contribution in [3.05, 3.63) is 0 Å². The fourth-order valence-electron chi connectivity index (χ4n) is 0.817. The molecule has 3 heteroatoms. The predicted octanol–water partition coefficient (Wildman–Crippen LogP) is 0.497. The molecule has 0 aromatic rings. The van der Waals surface area contributed by atoms with Crippen LogP contribution in [0.25, 0.3) is 0 Å². The Hall–Kier alpha value is -0.150. The van der Waals surface area contributed by atoms with Crippen LogP contribution in [0, 0.1) is 0 Å². The zero-order valence-corrected chi connectivity index (χ0v) is 6.86. The number of hydrogen-bond acceptors (Lipinski definition) is 2. The van der Waals surface area contributed by atoms with Crippen LogP contribution < -0.4 is 5.32 Å². The lowest BCUT2D eigenvalue weighted by molar-refractivity contribution is 0.261. The molecule has 0 aliphatic heterocycles. The Morgan fingerprint density at radius 3 is 2.50 bits per heavy atom. The van der Waals surface area contributed by atoms with Gasteiger partial charge >= 0.3 is 0 Å². The minimum Gasteiger partial charge on any atom is -0.318 e. The molecule has 0 fully saturated rings. The molecule has 0 aliphatic rings. The van der Waals surface area contributed by atoms with Gasteiger partial charge in [-0.25, -0.2) is 4.39 Å². The van der Waals surface area contributed by atoms with Crippen molar-refractivity contribution < 1.29 is 4.39 Å². The van der Waals surface area contributed by atoms with Crippen LogP contribution >= 0.6 is 0 Å². The van der Waals surface area contributed by atoms with Gasteiger partial charge in [-0.1, -0.05) is 6.92 Å². The number of alkyl halides is 1. The average Bonchev–Trinajstić information content (AvgIpc) is 1.98. The summed E-state index contributed by atoms with van der Waals surface area (Å²) in [5.74, 6) is 0.